The van der Waals surface area contributed by atoms with Gasteiger partial charge in [-0.15, -0.1) is 0 Å². The molecule has 1 N–H and O–H groups in total. The molecule has 0 fully saturated rings. The summed E-state index contributed by atoms with van der Waals surface area (Å²) in [5.41, 5.74) is 0.291. The van der Waals surface area contributed by atoms with Gasteiger partial charge < -0.3 is 15.0 Å². The number of anilines is 1. The molecule has 3 aromatic carbocycles. The first-order valence-corrected chi connectivity index (χ1v) is 14.4. The number of ether oxygens (including phenoxy) is 1. The van der Waals surface area contributed by atoms with Crippen molar-refractivity contribution >= 4 is 27.5 Å². The van der Waals surface area contributed by atoms with Gasteiger partial charge in [0.05, 0.1) is 17.2 Å². The molecule has 0 aliphatic heterocycles. The summed E-state index contributed by atoms with van der Waals surface area (Å²) in [5, 5.41) is 2.87. The Balaban J connectivity index is 2.02. The predicted octanol–water partition coefficient (Wildman–Crippen LogP) is 4.75. The van der Waals surface area contributed by atoms with E-state index in [1.165, 1.54) is 41.3 Å². The third kappa shape index (κ3) is 8.05. The molecule has 0 bridgehead atoms. The fourth-order valence-electron chi connectivity index (χ4n) is 3.97. The number of nitrogens with one attached hydrogen (secondary N) is 1. The Morgan fingerprint density at radius 1 is 0.950 bits per heavy atom. The minimum absolute atomic E-state index is 0.0142. The highest BCUT2D eigenvalue weighted by Gasteiger charge is 2.33. The minimum Gasteiger partial charge on any atom is -0.494 e. The van der Waals surface area contributed by atoms with Gasteiger partial charge in [-0.3, -0.25) is 13.9 Å². The Morgan fingerprint density at radius 3 is 2.10 bits per heavy atom. The average molecular weight is 570 g/mol. The molecule has 0 heterocycles. The number of sulfonamides is 1. The molecule has 3 aromatic rings. The van der Waals surface area contributed by atoms with Crippen LogP contribution in [0.25, 0.3) is 0 Å². The molecule has 214 valence electrons. The summed E-state index contributed by atoms with van der Waals surface area (Å²) in [7, 11) is -4.17. The van der Waals surface area contributed by atoms with E-state index in [0.717, 1.165) is 4.31 Å². The van der Waals surface area contributed by atoms with Gasteiger partial charge in [-0.2, -0.15) is 0 Å². The number of hydrogen-bond acceptors (Lipinski definition) is 5. The van der Waals surface area contributed by atoms with E-state index in [9.17, 15) is 22.4 Å². The van der Waals surface area contributed by atoms with E-state index in [1.807, 2.05) is 27.7 Å². The number of carbonyl (C=O) groups is 2. The molecule has 10 heteroatoms. The first kappa shape index (κ1) is 30.6. The zero-order valence-corrected chi connectivity index (χ0v) is 24.2. The van der Waals surface area contributed by atoms with Crippen LogP contribution in [0.1, 0.15) is 40.2 Å². The van der Waals surface area contributed by atoms with Crippen LogP contribution >= 0.6 is 0 Å². The van der Waals surface area contributed by atoms with Crippen LogP contribution in [0.4, 0.5) is 10.1 Å². The molecule has 0 aromatic heterocycles. The van der Waals surface area contributed by atoms with E-state index in [0.29, 0.717) is 17.9 Å². The van der Waals surface area contributed by atoms with Crippen LogP contribution in [-0.2, 0) is 26.2 Å². The van der Waals surface area contributed by atoms with E-state index in [4.69, 9.17) is 4.74 Å². The Hall–Kier alpha value is -3.92. The molecule has 8 nitrogen and oxygen atoms in total. The fourth-order valence-corrected chi connectivity index (χ4v) is 5.40. The van der Waals surface area contributed by atoms with Crippen molar-refractivity contribution in [3.05, 3.63) is 90.2 Å². The third-order valence-corrected chi connectivity index (χ3v) is 7.77. The van der Waals surface area contributed by atoms with Crippen molar-refractivity contribution in [3.8, 4) is 5.75 Å². The van der Waals surface area contributed by atoms with E-state index in [1.54, 1.807) is 49.4 Å². The summed E-state index contributed by atoms with van der Waals surface area (Å²) in [6.07, 6.45) is 0. The molecule has 0 aliphatic carbocycles. The number of benzene rings is 3. The van der Waals surface area contributed by atoms with Gasteiger partial charge in [0, 0.05) is 12.1 Å². The van der Waals surface area contributed by atoms with Crippen molar-refractivity contribution in [3.63, 3.8) is 0 Å². The molecule has 1 unspecified atom stereocenters. The SMILES string of the molecule is CCOc1ccc(N(CC(=O)N(Cc2ccc(F)cc2)C(C)C(=O)NC(C)(C)C)S(=O)(=O)c2ccccc2)cc1. The highest BCUT2D eigenvalue weighted by Crippen LogP contribution is 2.26. The zero-order chi connectivity index (χ0) is 29.5. The Bertz CT molecular complexity index is 1390. The second kappa shape index (κ2) is 13.0. The summed E-state index contributed by atoms with van der Waals surface area (Å²) < 4.78 is 47.6. The van der Waals surface area contributed by atoms with Crippen LogP contribution in [0.3, 0.4) is 0 Å². The molecule has 2 amide bonds. The summed E-state index contributed by atoms with van der Waals surface area (Å²) in [4.78, 5) is 28.3. The van der Waals surface area contributed by atoms with Crippen molar-refractivity contribution in [2.75, 3.05) is 17.5 Å². The van der Waals surface area contributed by atoms with E-state index < -0.39 is 45.8 Å². The Kier molecular flexibility index (Phi) is 9.92. The molecule has 0 spiro atoms. The molecule has 0 saturated heterocycles. The number of hydrogen-bond donors (Lipinski definition) is 1. The quantitative estimate of drug-likeness (QED) is 0.360. The largest absolute Gasteiger partial charge is 0.494 e. The van der Waals surface area contributed by atoms with Crippen molar-refractivity contribution < 1.29 is 27.1 Å². The van der Waals surface area contributed by atoms with Crippen molar-refractivity contribution in [1.82, 2.24) is 10.2 Å². The van der Waals surface area contributed by atoms with Crippen molar-refractivity contribution in [1.29, 1.82) is 0 Å². The molecule has 0 radical (unpaired) electrons. The minimum atomic E-state index is -4.17. The maximum atomic E-state index is 13.9. The van der Waals surface area contributed by atoms with Crippen LogP contribution < -0.4 is 14.4 Å². The summed E-state index contributed by atoms with van der Waals surface area (Å²) in [6, 6.07) is 18.8. The van der Waals surface area contributed by atoms with Crippen molar-refractivity contribution in [2.45, 2.75) is 57.6 Å². The van der Waals surface area contributed by atoms with Crippen LogP contribution in [0, 0.1) is 5.82 Å². The van der Waals surface area contributed by atoms with Gasteiger partial charge in [-0.1, -0.05) is 30.3 Å². The fraction of sp³-hybridized carbons (Fsp3) is 0.333. The van der Waals surface area contributed by atoms with Crippen LogP contribution in [0.15, 0.2) is 83.8 Å². The molecule has 40 heavy (non-hydrogen) atoms. The van der Waals surface area contributed by atoms with Gasteiger partial charge in [0.2, 0.25) is 11.8 Å². The Morgan fingerprint density at radius 2 is 1.55 bits per heavy atom. The lowest BCUT2D eigenvalue weighted by molar-refractivity contribution is -0.140. The maximum absolute atomic E-state index is 13.9. The number of amides is 2. The first-order chi connectivity index (χ1) is 18.8. The highest BCUT2D eigenvalue weighted by atomic mass is 32.2. The molecule has 3 rings (SSSR count). The van der Waals surface area contributed by atoms with Gasteiger partial charge in [0.25, 0.3) is 10.0 Å². The number of rotatable bonds is 11. The van der Waals surface area contributed by atoms with Crippen LogP contribution in [0.5, 0.6) is 5.75 Å². The zero-order valence-electron chi connectivity index (χ0n) is 23.4. The van der Waals surface area contributed by atoms with Gasteiger partial charge in [-0.25, -0.2) is 12.8 Å². The van der Waals surface area contributed by atoms with Crippen LogP contribution in [-0.4, -0.2) is 49.9 Å². The lowest BCUT2D eigenvalue weighted by Gasteiger charge is -2.33. The Labute approximate surface area is 235 Å². The monoisotopic (exact) mass is 569 g/mol. The highest BCUT2D eigenvalue weighted by molar-refractivity contribution is 7.92. The van der Waals surface area contributed by atoms with Crippen molar-refractivity contribution in [2.24, 2.45) is 0 Å². The third-order valence-electron chi connectivity index (χ3n) is 5.98. The first-order valence-electron chi connectivity index (χ1n) is 13.0. The number of halogens is 1. The van der Waals surface area contributed by atoms with Gasteiger partial charge in [0.15, 0.2) is 0 Å². The molecular weight excluding hydrogens is 533 g/mol. The molecule has 0 aliphatic rings. The topological polar surface area (TPSA) is 96.0 Å². The number of carbonyl (C=O) groups excluding carboxylic acids is 2. The van der Waals surface area contributed by atoms with E-state index in [2.05, 4.69) is 5.32 Å². The molecule has 1 atom stereocenters. The number of nitrogens with zero attached hydrogens (tertiary/aromatic N) is 2. The van der Waals surface area contributed by atoms with E-state index >= 15 is 0 Å². The van der Waals surface area contributed by atoms with Gasteiger partial charge >= 0.3 is 0 Å². The average Bonchev–Trinajstić information content (AvgIpc) is 2.91. The molecule has 0 saturated carbocycles. The van der Waals surface area contributed by atoms with Gasteiger partial charge in [0.1, 0.15) is 24.2 Å². The summed E-state index contributed by atoms with van der Waals surface area (Å²) in [5.74, 6) is -0.883. The normalized spacial score (nSPS) is 12.3. The molecular formula is C30H36FN3O5S. The smallest absolute Gasteiger partial charge is 0.264 e. The van der Waals surface area contributed by atoms with E-state index in [-0.39, 0.29) is 17.1 Å². The maximum Gasteiger partial charge on any atom is 0.264 e. The standard InChI is InChI=1S/C30H36FN3O5S/c1-6-39-26-18-16-25(17-19-26)34(40(37,38)27-10-8-7-9-11-27)21-28(35)33(20-23-12-14-24(31)15-13-23)22(2)29(36)32-30(3,4)5/h7-19,22H,6,20-21H2,1-5H3,(H,32,36). The second-order valence-corrected chi connectivity index (χ2v) is 12.2. The summed E-state index contributed by atoms with van der Waals surface area (Å²) in [6.45, 7) is 8.73. The summed E-state index contributed by atoms with van der Waals surface area (Å²) >= 11 is 0. The second-order valence-electron chi connectivity index (χ2n) is 10.3. The lowest BCUT2D eigenvalue weighted by atomic mass is 10.1. The lowest BCUT2D eigenvalue weighted by Crippen LogP contribution is -2.54. The van der Waals surface area contributed by atoms with Crippen LogP contribution in [0.2, 0.25) is 0 Å². The predicted molar refractivity (Wildman–Crippen MR) is 153 cm³/mol. The van der Waals surface area contributed by atoms with Gasteiger partial charge in [-0.05, 0) is 88.7 Å².